The maximum atomic E-state index is 12.1. The summed E-state index contributed by atoms with van der Waals surface area (Å²) in [6.07, 6.45) is 2.04. The molecule has 6 heteroatoms. The third kappa shape index (κ3) is 2.64. The van der Waals surface area contributed by atoms with Gasteiger partial charge < -0.3 is 24.6 Å². The van der Waals surface area contributed by atoms with Crippen LogP contribution in [0.1, 0.15) is 39.7 Å². The first-order valence-corrected chi connectivity index (χ1v) is 9.40. The van der Waals surface area contributed by atoms with Crippen LogP contribution < -0.4 is 5.73 Å². The Morgan fingerprint density at radius 1 is 1.21 bits per heavy atom. The second-order valence-electron chi connectivity index (χ2n) is 7.13. The number of nitrogens with two attached hydrogens (primary N) is 1. The zero-order chi connectivity index (χ0) is 20.0. The molecule has 1 aromatic carbocycles. The van der Waals surface area contributed by atoms with Gasteiger partial charge in [0, 0.05) is 46.7 Å². The van der Waals surface area contributed by atoms with E-state index in [2.05, 4.69) is 4.57 Å². The summed E-state index contributed by atoms with van der Waals surface area (Å²) in [5.74, 6) is 0.626. The summed E-state index contributed by atoms with van der Waals surface area (Å²) in [6, 6.07) is 7.21. The Morgan fingerprint density at radius 2 is 1.93 bits per heavy atom. The highest BCUT2D eigenvalue weighted by atomic mass is 16.5. The van der Waals surface area contributed by atoms with Crippen LogP contribution in [-0.2, 0) is 24.2 Å². The van der Waals surface area contributed by atoms with Crippen LogP contribution in [0.2, 0.25) is 0 Å². The minimum Gasteiger partial charge on any atom is -0.508 e. The molecule has 146 valence electrons. The number of benzene rings is 1. The number of carbonyl (C=O) groups is 1. The van der Waals surface area contributed by atoms with Crippen molar-refractivity contribution in [3.63, 3.8) is 0 Å². The van der Waals surface area contributed by atoms with Crippen LogP contribution in [0.4, 0.5) is 0 Å². The van der Waals surface area contributed by atoms with Crippen molar-refractivity contribution in [1.29, 1.82) is 0 Å². The highest BCUT2D eigenvalue weighted by Crippen LogP contribution is 2.46. The lowest BCUT2D eigenvalue weighted by Crippen LogP contribution is -2.07. The average Bonchev–Trinajstić information content (AvgIpc) is 3.34. The van der Waals surface area contributed by atoms with Gasteiger partial charge in [0.1, 0.15) is 11.5 Å². The largest absolute Gasteiger partial charge is 0.508 e. The number of fused-ring (bicyclic) bond motifs is 1. The first kappa shape index (κ1) is 18.4. The van der Waals surface area contributed by atoms with E-state index in [9.17, 15) is 9.90 Å². The van der Waals surface area contributed by atoms with Gasteiger partial charge in [0.25, 0.3) is 0 Å². The summed E-state index contributed by atoms with van der Waals surface area (Å²) in [5.41, 5.74) is 13.2. The quantitative estimate of drug-likeness (QED) is 0.669. The molecule has 0 saturated carbocycles. The van der Waals surface area contributed by atoms with Gasteiger partial charge in [-0.2, -0.15) is 0 Å². The number of nitrogens with zero attached hydrogens (tertiary/aromatic N) is 1. The standard InChI is InChI=1S/C22H24N2O4/c1-12-18(13(2)28-21(12)22(26)27-3)20-17(11-23)24-10-4-5-16(24)19(20)14-6-8-15(25)9-7-14/h6-9,25H,4-5,10-11,23H2,1-3H3. The SMILES string of the molecule is COC(=O)c1oc(C)c(-c2c(-c3ccc(O)cc3)c3n(c2CN)CCC3)c1C. The fourth-order valence-corrected chi connectivity index (χ4v) is 4.39. The number of furan rings is 1. The van der Waals surface area contributed by atoms with E-state index in [0.29, 0.717) is 12.3 Å². The smallest absolute Gasteiger partial charge is 0.374 e. The number of aromatic nitrogens is 1. The Hall–Kier alpha value is -2.99. The minimum atomic E-state index is -0.487. The van der Waals surface area contributed by atoms with Gasteiger partial charge in [-0.15, -0.1) is 0 Å². The van der Waals surface area contributed by atoms with Crippen molar-refractivity contribution < 1.29 is 19.1 Å². The van der Waals surface area contributed by atoms with E-state index in [0.717, 1.165) is 52.9 Å². The van der Waals surface area contributed by atoms with Crippen LogP contribution in [0.5, 0.6) is 5.75 Å². The summed E-state index contributed by atoms with van der Waals surface area (Å²) in [5, 5.41) is 9.72. The number of rotatable bonds is 4. The highest BCUT2D eigenvalue weighted by molar-refractivity contribution is 5.95. The predicted octanol–water partition coefficient (Wildman–Crippen LogP) is 3.93. The zero-order valence-corrected chi connectivity index (χ0v) is 16.3. The number of phenolic OH excluding ortho intramolecular Hbond substituents is 1. The molecule has 0 saturated heterocycles. The number of esters is 1. The van der Waals surface area contributed by atoms with Crippen molar-refractivity contribution in [2.75, 3.05) is 7.11 Å². The molecule has 4 rings (SSSR count). The molecule has 3 N–H and O–H groups in total. The lowest BCUT2D eigenvalue weighted by Gasteiger charge is -2.10. The molecule has 1 aliphatic heterocycles. The van der Waals surface area contributed by atoms with Gasteiger partial charge in [-0.25, -0.2) is 4.79 Å². The van der Waals surface area contributed by atoms with Gasteiger partial charge in [0.15, 0.2) is 0 Å². The van der Waals surface area contributed by atoms with Crippen LogP contribution in [0.25, 0.3) is 22.3 Å². The van der Waals surface area contributed by atoms with Gasteiger partial charge >= 0.3 is 5.97 Å². The van der Waals surface area contributed by atoms with Gasteiger partial charge in [-0.1, -0.05) is 12.1 Å². The Labute approximate surface area is 163 Å². The molecular weight excluding hydrogens is 356 g/mol. The van der Waals surface area contributed by atoms with E-state index >= 15 is 0 Å². The van der Waals surface area contributed by atoms with Gasteiger partial charge in [-0.05, 0) is 44.4 Å². The summed E-state index contributed by atoms with van der Waals surface area (Å²) in [4.78, 5) is 12.1. The number of aryl methyl sites for hydroxylation is 1. The normalized spacial score (nSPS) is 13.0. The van der Waals surface area contributed by atoms with Crippen molar-refractivity contribution in [3.8, 4) is 28.0 Å². The molecule has 0 radical (unpaired) electrons. The number of hydrogen-bond acceptors (Lipinski definition) is 5. The van der Waals surface area contributed by atoms with Crippen molar-refractivity contribution >= 4 is 5.97 Å². The lowest BCUT2D eigenvalue weighted by molar-refractivity contribution is 0.0562. The molecule has 0 unspecified atom stereocenters. The number of aromatic hydroxyl groups is 1. The van der Waals surface area contributed by atoms with Crippen molar-refractivity contribution in [1.82, 2.24) is 4.57 Å². The average molecular weight is 380 g/mol. The fourth-order valence-electron chi connectivity index (χ4n) is 4.39. The predicted molar refractivity (Wildman–Crippen MR) is 106 cm³/mol. The fraction of sp³-hybridized carbons (Fsp3) is 0.318. The molecule has 28 heavy (non-hydrogen) atoms. The van der Waals surface area contributed by atoms with E-state index in [4.69, 9.17) is 14.9 Å². The van der Waals surface area contributed by atoms with Crippen molar-refractivity contribution in [2.45, 2.75) is 39.8 Å². The van der Waals surface area contributed by atoms with E-state index in [1.54, 1.807) is 12.1 Å². The Morgan fingerprint density at radius 3 is 2.57 bits per heavy atom. The Balaban J connectivity index is 2.04. The molecule has 0 aliphatic carbocycles. The van der Waals surface area contributed by atoms with E-state index in [1.165, 1.54) is 12.8 Å². The van der Waals surface area contributed by atoms with Crippen LogP contribution in [0.3, 0.4) is 0 Å². The number of ether oxygens (including phenoxy) is 1. The van der Waals surface area contributed by atoms with Crippen LogP contribution in [-0.4, -0.2) is 22.8 Å². The molecule has 0 atom stereocenters. The van der Waals surface area contributed by atoms with Gasteiger partial charge in [0.2, 0.25) is 5.76 Å². The van der Waals surface area contributed by atoms with Crippen molar-refractivity contribution in [3.05, 3.63) is 52.7 Å². The number of methoxy groups -OCH3 is 1. The Kier molecular flexibility index (Phi) is 4.51. The molecular formula is C22H24N2O4. The molecule has 0 fully saturated rings. The number of carbonyl (C=O) groups excluding carboxylic acids is 1. The Bertz CT molecular complexity index is 1060. The first-order chi connectivity index (χ1) is 13.5. The molecule has 6 nitrogen and oxygen atoms in total. The monoisotopic (exact) mass is 380 g/mol. The molecule has 0 bridgehead atoms. The molecule has 0 spiro atoms. The second kappa shape index (κ2) is 6.87. The summed E-state index contributed by atoms with van der Waals surface area (Å²) < 4.78 is 13.0. The lowest BCUT2D eigenvalue weighted by atomic mass is 9.91. The van der Waals surface area contributed by atoms with E-state index < -0.39 is 5.97 Å². The van der Waals surface area contributed by atoms with E-state index in [1.807, 2.05) is 26.0 Å². The summed E-state index contributed by atoms with van der Waals surface area (Å²) in [7, 11) is 1.35. The molecule has 3 aromatic rings. The van der Waals surface area contributed by atoms with Crippen LogP contribution in [0, 0.1) is 13.8 Å². The maximum absolute atomic E-state index is 12.1. The maximum Gasteiger partial charge on any atom is 0.374 e. The third-order valence-electron chi connectivity index (χ3n) is 5.57. The van der Waals surface area contributed by atoms with Crippen molar-refractivity contribution in [2.24, 2.45) is 5.73 Å². The van der Waals surface area contributed by atoms with Crippen LogP contribution in [0.15, 0.2) is 28.7 Å². The summed E-state index contributed by atoms with van der Waals surface area (Å²) >= 11 is 0. The van der Waals surface area contributed by atoms with Gasteiger partial charge in [0.05, 0.1) is 7.11 Å². The topological polar surface area (TPSA) is 90.6 Å². The van der Waals surface area contributed by atoms with Gasteiger partial charge in [-0.3, -0.25) is 0 Å². The minimum absolute atomic E-state index is 0.223. The number of phenols is 1. The second-order valence-corrected chi connectivity index (χ2v) is 7.13. The molecule has 2 aromatic heterocycles. The first-order valence-electron chi connectivity index (χ1n) is 9.40. The zero-order valence-electron chi connectivity index (χ0n) is 16.3. The summed E-state index contributed by atoms with van der Waals surface area (Å²) in [6.45, 7) is 5.05. The third-order valence-corrected chi connectivity index (χ3v) is 5.57. The number of hydrogen-bond donors (Lipinski definition) is 2. The van der Waals surface area contributed by atoms with Crippen LogP contribution >= 0.6 is 0 Å². The molecule has 3 heterocycles. The highest BCUT2D eigenvalue weighted by Gasteiger charge is 2.31. The molecule has 0 amide bonds. The molecule has 1 aliphatic rings. The van der Waals surface area contributed by atoms with E-state index in [-0.39, 0.29) is 11.5 Å².